The Morgan fingerprint density at radius 2 is 2.00 bits per heavy atom. The number of rotatable bonds is 5. The Labute approximate surface area is 101 Å². The summed E-state index contributed by atoms with van der Waals surface area (Å²) in [6.45, 7) is 1.90. The Kier molecular flexibility index (Phi) is 5.11. The standard InChI is InChI=1S/C12H20O5/c1-7-5-9(13)8(6-10(14)15-2)11(7)12(16-3)17-4/h5,8-9,11-13H,6H2,1-4H3/t8-,9+,11+/m0/s1. The number of ether oxygens (including phenoxy) is 3. The van der Waals surface area contributed by atoms with E-state index in [0.29, 0.717) is 0 Å². The molecule has 17 heavy (non-hydrogen) atoms. The lowest BCUT2D eigenvalue weighted by Crippen LogP contribution is -2.34. The van der Waals surface area contributed by atoms with Crippen molar-refractivity contribution in [2.75, 3.05) is 21.3 Å². The van der Waals surface area contributed by atoms with Gasteiger partial charge >= 0.3 is 5.97 Å². The quantitative estimate of drug-likeness (QED) is 0.438. The molecule has 0 spiro atoms. The molecular weight excluding hydrogens is 224 g/mol. The van der Waals surface area contributed by atoms with Gasteiger partial charge in [-0.15, -0.1) is 0 Å². The van der Waals surface area contributed by atoms with Gasteiger partial charge in [0.1, 0.15) is 0 Å². The van der Waals surface area contributed by atoms with Gasteiger partial charge in [-0.1, -0.05) is 11.6 Å². The first-order valence-electron chi connectivity index (χ1n) is 5.54. The summed E-state index contributed by atoms with van der Waals surface area (Å²) in [6.07, 6.45) is 0.771. The Bertz CT molecular complexity index is 295. The topological polar surface area (TPSA) is 65.0 Å². The molecule has 0 radical (unpaired) electrons. The van der Waals surface area contributed by atoms with Gasteiger partial charge in [0.15, 0.2) is 6.29 Å². The maximum absolute atomic E-state index is 11.3. The second-order valence-corrected chi connectivity index (χ2v) is 4.21. The third kappa shape index (κ3) is 3.06. The molecule has 0 aromatic carbocycles. The minimum Gasteiger partial charge on any atom is -0.469 e. The molecule has 1 N–H and O–H groups in total. The largest absolute Gasteiger partial charge is 0.469 e. The molecule has 0 amide bonds. The first kappa shape index (κ1) is 14.2. The van der Waals surface area contributed by atoms with Gasteiger partial charge in [0, 0.05) is 26.1 Å². The second-order valence-electron chi connectivity index (χ2n) is 4.21. The molecule has 0 aliphatic heterocycles. The summed E-state index contributed by atoms with van der Waals surface area (Å²) in [7, 11) is 4.42. The van der Waals surface area contributed by atoms with Crippen molar-refractivity contribution in [3.8, 4) is 0 Å². The zero-order valence-corrected chi connectivity index (χ0v) is 10.7. The molecular formula is C12H20O5. The summed E-state index contributed by atoms with van der Waals surface area (Å²) >= 11 is 0. The van der Waals surface area contributed by atoms with Gasteiger partial charge in [-0.3, -0.25) is 4.79 Å². The van der Waals surface area contributed by atoms with Crippen LogP contribution in [0.15, 0.2) is 11.6 Å². The first-order valence-corrected chi connectivity index (χ1v) is 5.54. The van der Waals surface area contributed by atoms with Gasteiger partial charge in [-0.25, -0.2) is 0 Å². The third-order valence-corrected chi connectivity index (χ3v) is 3.25. The van der Waals surface area contributed by atoms with Crippen LogP contribution in [0.1, 0.15) is 13.3 Å². The Hall–Kier alpha value is -0.910. The van der Waals surface area contributed by atoms with Crippen LogP contribution in [0.25, 0.3) is 0 Å². The van der Waals surface area contributed by atoms with E-state index in [1.54, 1.807) is 20.3 Å². The number of hydrogen-bond donors (Lipinski definition) is 1. The van der Waals surface area contributed by atoms with Crippen molar-refractivity contribution in [1.82, 2.24) is 0 Å². The van der Waals surface area contributed by atoms with E-state index in [4.69, 9.17) is 9.47 Å². The molecule has 1 rings (SSSR count). The first-order chi connectivity index (χ1) is 8.04. The Balaban J connectivity index is 2.82. The summed E-state index contributed by atoms with van der Waals surface area (Å²) in [6, 6.07) is 0. The number of carbonyl (C=O) groups excluding carboxylic acids is 1. The average molecular weight is 244 g/mol. The fourth-order valence-corrected chi connectivity index (χ4v) is 2.38. The van der Waals surface area contributed by atoms with Crippen LogP contribution in [0.2, 0.25) is 0 Å². The van der Waals surface area contributed by atoms with Crippen molar-refractivity contribution in [3.05, 3.63) is 11.6 Å². The highest BCUT2D eigenvalue weighted by molar-refractivity contribution is 5.69. The smallest absolute Gasteiger partial charge is 0.305 e. The van der Waals surface area contributed by atoms with Crippen molar-refractivity contribution in [1.29, 1.82) is 0 Å². The van der Waals surface area contributed by atoms with E-state index in [2.05, 4.69) is 4.74 Å². The lowest BCUT2D eigenvalue weighted by molar-refractivity contribution is -0.154. The zero-order chi connectivity index (χ0) is 13.0. The van der Waals surface area contributed by atoms with E-state index in [1.807, 2.05) is 6.92 Å². The average Bonchev–Trinajstić information content (AvgIpc) is 2.57. The highest BCUT2D eigenvalue weighted by Gasteiger charge is 2.41. The van der Waals surface area contributed by atoms with Crippen LogP contribution < -0.4 is 0 Å². The molecule has 0 aromatic heterocycles. The van der Waals surface area contributed by atoms with Gasteiger partial charge in [-0.05, 0) is 6.92 Å². The lowest BCUT2D eigenvalue weighted by Gasteiger charge is -2.28. The molecule has 0 fully saturated rings. The summed E-state index contributed by atoms with van der Waals surface area (Å²) < 4.78 is 15.1. The van der Waals surface area contributed by atoms with Gasteiger partial charge in [0.05, 0.1) is 19.6 Å². The van der Waals surface area contributed by atoms with Crippen LogP contribution in [0.4, 0.5) is 0 Å². The van der Waals surface area contributed by atoms with E-state index in [-0.39, 0.29) is 24.2 Å². The highest BCUT2D eigenvalue weighted by atomic mass is 16.7. The number of esters is 1. The molecule has 0 bridgehead atoms. The van der Waals surface area contributed by atoms with Crippen molar-refractivity contribution < 1.29 is 24.1 Å². The van der Waals surface area contributed by atoms with Crippen LogP contribution >= 0.6 is 0 Å². The van der Waals surface area contributed by atoms with E-state index in [1.165, 1.54) is 7.11 Å². The molecule has 98 valence electrons. The van der Waals surface area contributed by atoms with Gasteiger partial charge in [0.25, 0.3) is 0 Å². The lowest BCUT2D eigenvalue weighted by atomic mass is 9.87. The van der Waals surface area contributed by atoms with Gasteiger partial charge < -0.3 is 19.3 Å². The Morgan fingerprint density at radius 3 is 2.47 bits per heavy atom. The molecule has 5 nitrogen and oxygen atoms in total. The number of hydrogen-bond acceptors (Lipinski definition) is 5. The SMILES string of the molecule is COC(=O)C[C@H]1[C@H](O)C=C(C)[C@H]1C(OC)OC. The van der Waals surface area contributed by atoms with E-state index >= 15 is 0 Å². The molecule has 0 aromatic rings. The molecule has 5 heteroatoms. The predicted molar refractivity (Wildman–Crippen MR) is 61.2 cm³/mol. The second kappa shape index (κ2) is 6.14. The third-order valence-electron chi connectivity index (χ3n) is 3.25. The fraction of sp³-hybridized carbons (Fsp3) is 0.750. The van der Waals surface area contributed by atoms with E-state index < -0.39 is 12.4 Å². The Morgan fingerprint density at radius 1 is 1.41 bits per heavy atom. The van der Waals surface area contributed by atoms with Crippen LogP contribution in [0.5, 0.6) is 0 Å². The molecule has 1 aliphatic rings. The molecule has 0 saturated carbocycles. The minimum atomic E-state index is -0.660. The van der Waals surface area contributed by atoms with E-state index in [9.17, 15) is 9.90 Å². The number of aliphatic hydroxyl groups is 1. The predicted octanol–water partition coefficient (Wildman–Crippen LogP) is 0.722. The number of aliphatic hydroxyl groups excluding tert-OH is 1. The monoisotopic (exact) mass is 244 g/mol. The van der Waals surface area contributed by atoms with Gasteiger partial charge in [-0.2, -0.15) is 0 Å². The van der Waals surface area contributed by atoms with Crippen molar-refractivity contribution in [2.24, 2.45) is 11.8 Å². The summed E-state index contributed by atoms with van der Waals surface area (Å²) in [5.41, 5.74) is 0.972. The van der Waals surface area contributed by atoms with Crippen LogP contribution in [0, 0.1) is 11.8 Å². The fourth-order valence-electron chi connectivity index (χ4n) is 2.38. The van der Waals surface area contributed by atoms with Crippen LogP contribution in [-0.4, -0.2) is 44.8 Å². The highest BCUT2D eigenvalue weighted by Crippen LogP contribution is 2.38. The van der Waals surface area contributed by atoms with Crippen molar-refractivity contribution >= 4 is 5.97 Å². The van der Waals surface area contributed by atoms with Crippen LogP contribution in [-0.2, 0) is 19.0 Å². The van der Waals surface area contributed by atoms with Crippen molar-refractivity contribution in [3.63, 3.8) is 0 Å². The number of methoxy groups -OCH3 is 3. The normalized spacial score (nSPS) is 28.4. The van der Waals surface area contributed by atoms with Gasteiger partial charge in [0.2, 0.25) is 0 Å². The van der Waals surface area contributed by atoms with Crippen LogP contribution in [0.3, 0.4) is 0 Å². The molecule has 0 unspecified atom stereocenters. The summed E-state index contributed by atoms with van der Waals surface area (Å²) in [5, 5.41) is 9.92. The van der Waals surface area contributed by atoms with E-state index in [0.717, 1.165) is 5.57 Å². The van der Waals surface area contributed by atoms with Crippen molar-refractivity contribution in [2.45, 2.75) is 25.7 Å². The summed E-state index contributed by atoms with van der Waals surface area (Å²) in [4.78, 5) is 11.3. The molecule has 3 atom stereocenters. The molecule has 0 saturated heterocycles. The zero-order valence-electron chi connectivity index (χ0n) is 10.7. The maximum Gasteiger partial charge on any atom is 0.305 e. The number of carbonyl (C=O) groups is 1. The summed E-state index contributed by atoms with van der Waals surface area (Å²) in [5.74, 6) is -0.723. The minimum absolute atomic E-state index is 0.126. The molecule has 1 aliphatic carbocycles. The molecule has 0 heterocycles. The maximum atomic E-state index is 11.3.